The van der Waals surface area contributed by atoms with E-state index in [0.29, 0.717) is 5.56 Å². The van der Waals surface area contributed by atoms with Gasteiger partial charge in [-0.1, -0.05) is 11.6 Å². The Labute approximate surface area is 128 Å². The van der Waals surface area contributed by atoms with Gasteiger partial charge >= 0.3 is 0 Å². The fourth-order valence-electron chi connectivity index (χ4n) is 2.32. The van der Waals surface area contributed by atoms with Gasteiger partial charge in [-0.2, -0.15) is 0 Å². The minimum atomic E-state index is -3.93. The lowest BCUT2D eigenvalue weighted by atomic mass is 9.89. The number of carbonyl (C=O) groups is 1. The monoisotopic (exact) mass is 332 g/mol. The molecule has 116 valence electrons. The minimum absolute atomic E-state index is 0.0266. The Morgan fingerprint density at radius 1 is 1.43 bits per heavy atom. The van der Waals surface area contributed by atoms with Crippen LogP contribution in [0.3, 0.4) is 0 Å². The Kier molecular flexibility index (Phi) is 4.57. The number of hydrogen-bond donors (Lipinski definition) is 2. The lowest BCUT2D eigenvalue weighted by Crippen LogP contribution is -2.47. The first kappa shape index (κ1) is 16.2. The van der Waals surface area contributed by atoms with E-state index in [2.05, 4.69) is 5.32 Å². The van der Waals surface area contributed by atoms with E-state index < -0.39 is 10.0 Å². The van der Waals surface area contributed by atoms with E-state index in [-0.39, 0.29) is 33.5 Å². The van der Waals surface area contributed by atoms with Crippen molar-refractivity contribution in [3.63, 3.8) is 0 Å². The smallest absolute Gasteiger partial charge is 0.251 e. The molecule has 0 bridgehead atoms. The van der Waals surface area contributed by atoms with Crippen LogP contribution >= 0.6 is 11.6 Å². The maximum Gasteiger partial charge on any atom is 0.251 e. The Bertz CT molecular complexity index is 669. The summed E-state index contributed by atoms with van der Waals surface area (Å²) in [5.41, 5.74) is 0.509. The summed E-state index contributed by atoms with van der Waals surface area (Å²) in [6.45, 7) is 1.53. The molecule has 1 aliphatic rings. The highest BCUT2D eigenvalue weighted by atomic mass is 35.5. The van der Waals surface area contributed by atoms with Crippen molar-refractivity contribution in [2.24, 2.45) is 5.14 Å². The third-order valence-electron chi connectivity index (χ3n) is 3.64. The van der Waals surface area contributed by atoms with Crippen LogP contribution in [-0.2, 0) is 14.8 Å². The largest absolute Gasteiger partial charge is 0.381 e. The fraction of sp³-hybridized carbons (Fsp3) is 0.462. The number of carbonyl (C=O) groups excluding carboxylic acids is 1. The van der Waals surface area contributed by atoms with Gasteiger partial charge in [-0.15, -0.1) is 0 Å². The van der Waals surface area contributed by atoms with E-state index in [1.54, 1.807) is 7.11 Å². The summed E-state index contributed by atoms with van der Waals surface area (Å²) < 4.78 is 28.2. The third-order valence-corrected chi connectivity index (χ3v) is 4.89. The van der Waals surface area contributed by atoms with Crippen molar-refractivity contribution in [1.29, 1.82) is 0 Å². The van der Waals surface area contributed by atoms with Gasteiger partial charge in [0.1, 0.15) is 0 Å². The predicted molar refractivity (Wildman–Crippen MR) is 78.8 cm³/mol. The van der Waals surface area contributed by atoms with Crippen molar-refractivity contribution in [3.05, 3.63) is 28.3 Å². The van der Waals surface area contributed by atoms with Gasteiger partial charge in [0.15, 0.2) is 0 Å². The van der Waals surface area contributed by atoms with E-state index in [9.17, 15) is 13.2 Å². The first-order chi connectivity index (χ1) is 9.72. The van der Waals surface area contributed by atoms with Crippen LogP contribution in [0.5, 0.6) is 0 Å². The van der Waals surface area contributed by atoms with Crippen LogP contribution in [0.2, 0.25) is 5.02 Å². The fourth-order valence-corrected chi connectivity index (χ4v) is 3.44. The second kappa shape index (κ2) is 5.92. The number of primary sulfonamides is 1. The van der Waals surface area contributed by atoms with E-state index in [1.165, 1.54) is 19.1 Å². The quantitative estimate of drug-likeness (QED) is 0.865. The van der Waals surface area contributed by atoms with Gasteiger partial charge in [0.25, 0.3) is 5.91 Å². The average Bonchev–Trinajstić information content (AvgIpc) is 2.33. The molecule has 0 heterocycles. The summed E-state index contributed by atoms with van der Waals surface area (Å²) in [4.78, 5) is 12.1. The van der Waals surface area contributed by atoms with Crippen LogP contribution < -0.4 is 10.5 Å². The van der Waals surface area contributed by atoms with Gasteiger partial charge < -0.3 is 10.1 Å². The molecule has 0 spiro atoms. The molecule has 3 N–H and O–H groups in total. The van der Waals surface area contributed by atoms with E-state index >= 15 is 0 Å². The van der Waals surface area contributed by atoms with Crippen LogP contribution in [0.4, 0.5) is 0 Å². The number of benzene rings is 1. The van der Waals surface area contributed by atoms with Crippen LogP contribution in [0, 0.1) is 6.92 Å². The van der Waals surface area contributed by atoms with Gasteiger partial charge in [0.2, 0.25) is 10.0 Å². The number of rotatable bonds is 4. The van der Waals surface area contributed by atoms with Gasteiger partial charge in [-0.3, -0.25) is 4.79 Å². The van der Waals surface area contributed by atoms with Crippen LogP contribution in [0.25, 0.3) is 0 Å². The van der Waals surface area contributed by atoms with Crippen molar-refractivity contribution < 1.29 is 17.9 Å². The first-order valence-corrected chi connectivity index (χ1v) is 8.31. The Balaban J connectivity index is 2.24. The number of amides is 1. The average molecular weight is 333 g/mol. The zero-order valence-corrected chi connectivity index (χ0v) is 13.3. The summed E-state index contributed by atoms with van der Waals surface area (Å²) in [5.74, 6) is -0.362. The van der Waals surface area contributed by atoms with E-state index in [4.69, 9.17) is 21.5 Å². The normalized spacial score (nSPS) is 21.7. The molecule has 21 heavy (non-hydrogen) atoms. The van der Waals surface area contributed by atoms with Crippen LogP contribution in [0.15, 0.2) is 17.0 Å². The molecule has 0 radical (unpaired) electrons. The molecule has 0 saturated heterocycles. The zero-order valence-electron chi connectivity index (χ0n) is 11.7. The maximum atomic E-state index is 12.2. The molecular weight excluding hydrogens is 316 g/mol. The third kappa shape index (κ3) is 3.55. The molecule has 1 aromatic rings. The molecule has 1 saturated carbocycles. The van der Waals surface area contributed by atoms with Crippen molar-refractivity contribution in [2.75, 3.05) is 7.11 Å². The molecule has 1 aliphatic carbocycles. The second-order valence-corrected chi connectivity index (χ2v) is 7.09. The van der Waals surface area contributed by atoms with Crippen LogP contribution in [0.1, 0.15) is 28.8 Å². The molecule has 1 amide bonds. The zero-order chi connectivity index (χ0) is 15.8. The summed E-state index contributed by atoms with van der Waals surface area (Å²) in [6, 6.07) is 2.71. The Morgan fingerprint density at radius 3 is 2.57 bits per heavy atom. The molecule has 1 fully saturated rings. The number of halogens is 1. The van der Waals surface area contributed by atoms with Gasteiger partial charge in [-0.25, -0.2) is 13.6 Å². The standard InChI is InChI=1S/C13H17ClN2O4S/c1-7-11(3-8(14)4-12(7)21(15,18)19)13(17)16-9-5-10(6-9)20-2/h3-4,9-10H,5-6H2,1-2H3,(H,16,17)(H2,15,18,19). The topological polar surface area (TPSA) is 98.5 Å². The number of nitrogens with two attached hydrogens (primary N) is 1. The second-order valence-electron chi connectivity index (χ2n) is 5.12. The Morgan fingerprint density at radius 2 is 2.05 bits per heavy atom. The molecule has 0 aliphatic heterocycles. The molecule has 8 heteroatoms. The number of methoxy groups -OCH3 is 1. The van der Waals surface area contributed by atoms with Gasteiger partial charge in [0, 0.05) is 23.7 Å². The lowest BCUT2D eigenvalue weighted by molar-refractivity contribution is 0.0176. The molecule has 2 rings (SSSR count). The highest BCUT2D eigenvalue weighted by Crippen LogP contribution is 2.26. The number of ether oxygens (including phenoxy) is 1. The molecule has 0 aromatic heterocycles. The summed E-state index contributed by atoms with van der Waals surface area (Å²) in [6.07, 6.45) is 1.64. The molecule has 1 aromatic carbocycles. The van der Waals surface area contributed by atoms with Gasteiger partial charge in [-0.05, 0) is 37.5 Å². The van der Waals surface area contributed by atoms with Crippen molar-refractivity contribution >= 4 is 27.5 Å². The molecular formula is C13H17ClN2O4S. The molecule has 0 unspecified atom stereocenters. The predicted octanol–water partition coefficient (Wildman–Crippen LogP) is 1.20. The van der Waals surface area contributed by atoms with Gasteiger partial charge in [0.05, 0.1) is 11.0 Å². The first-order valence-electron chi connectivity index (χ1n) is 6.39. The summed E-state index contributed by atoms with van der Waals surface area (Å²) in [7, 11) is -2.30. The highest BCUT2D eigenvalue weighted by Gasteiger charge is 2.31. The number of nitrogens with one attached hydrogen (secondary N) is 1. The van der Waals surface area contributed by atoms with Crippen molar-refractivity contribution in [2.45, 2.75) is 36.8 Å². The molecule has 0 atom stereocenters. The van der Waals surface area contributed by atoms with Crippen molar-refractivity contribution in [1.82, 2.24) is 5.32 Å². The highest BCUT2D eigenvalue weighted by molar-refractivity contribution is 7.89. The van der Waals surface area contributed by atoms with E-state index in [0.717, 1.165) is 12.8 Å². The number of sulfonamides is 1. The summed E-state index contributed by atoms with van der Waals surface area (Å²) >= 11 is 5.88. The SMILES string of the molecule is COC1CC(NC(=O)c2cc(Cl)cc(S(N)(=O)=O)c2C)C1. The lowest BCUT2D eigenvalue weighted by Gasteiger charge is -2.34. The minimum Gasteiger partial charge on any atom is -0.381 e. The Hall–Kier alpha value is -1.15. The maximum absolute atomic E-state index is 12.2. The van der Waals surface area contributed by atoms with Crippen LogP contribution in [-0.4, -0.2) is 33.6 Å². The number of hydrogen-bond acceptors (Lipinski definition) is 4. The molecule has 6 nitrogen and oxygen atoms in total. The summed E-state index contributed by atoms with van der Waals surface area (Å²) in [5, 5.41) is 8.12. The van der Waals surface area contributed by atoms with E-state index in [1.807, 2.05) is 0 Å². The van der Waals surface area contributed by atoms with Crippen molar-refractivity contribution in [3.8, 4) is 0 Å².